The summed E-state index contributed by atoms with van der Waals surface area (Å²) in [5.41, 5.74) is 2.25. The lowest BCUT2D eigenvalue weighted by atomic mass is 9.93. The van der Waals surface area contributed by atoms with Gasteiger partial charge in [0.25, 0.3) is 0 Å². The van der Waals surface area contributed by atoms with Gasteiger partial charge < -0.3 is 5.11 Å². The van der Waals surface area contributed by atoms with E-state index in [2.05, 4.69) is 16.1 Å². The summed E-state index contributed by atoms with van der Waals surface area (Å²) in [7, 11) is 0. The minimum atomic E-state index is -0.166. The van der Waals surface area contributed by atoms with Crippen LogP contribution in [0.1, 0.15) is 30.0 Å². The van der Waals surface area contributed by atoms with Crippen LogP contribution in [-0.2, 0) is 13.1 Å². The van der Waals surface area contributed by atoms with Gasteiger partial charge in [0.2, 0.25) is 0 Å². The van der Waals surface area contributed by atoms with Gasteiger partial charge in [-0.05, 0) is 49.7 Å². The molecule has 0 atom stereocenters. The number of benzene rings is 1. The highest BCUT2D eigenvalue weighted by Crippen LogP contribution is 2.28. The molecule has 0 unspecified atom stereocenters. The number of aliphatic hydroxyl groups is 1. The molecule has 0 bridgehead atoms. The van der Waals surface area contributed by atoms with Crippen molar-refractivity contribution in [1.82, 2.24) is 14.7 Å². The fraction of sp³-hybridized carbons (Fsp3) is 0.471. The van der Waals surface area contributed by atoms with Crippen LogP contribution in [0.25, 0.3) is 0 Å². The summed E-state index contributed by atoms with van der Waals surface area (Å²) in [6.45, 7) is 3.50. The molecule has 0 radical (unpaired) electrons. The Hall–Kier alpha value is -1.72. The highest BCUT2D eigenvalue weighted by molar-refractivity contribution is 5.16. The predicted octanol–water partition coefficient (Wildman–Crippen LogP) is 2.39. The van der Waals surface area contributed by atoms with Gasteiger partial charge in [-0.15, -0.1) is 0 Å². The van der Waals surface area contributed by atoms with Gasteiger partial charge >= 0.3 is 0 Å². The quantitative estimate of drug-likeness (QED) is 0.922. The smallest absolute Gasteiger partial charge is 0.123 e. The van der Waals surface area contributed by atoms with Crippen LogP contribution >= 0.6 is 0 Å². The Balaban J connectivity index is 1.57. The topological polar surface area (TPSA) is 41.3 Å². The lowest BCUT2D eigenvalue weighted by molar-refractivity contribution is 0.198. The van der Waals surface area contributed by atoms with Gasteiger partial charge in [-0.2, -0.15) is 5.10 Å². The van der Waals surface area contributed by atoms with E-state index in [0.717, 1.165) is 38.0 Å². The maximum Gasteiger partial charge on any atom is 0.123 e. The van der Waals surface area contributed by atoms with Crippen LogP contribution in [0.2, 0.25) is 0 Å². The maximum absolute atomic E-state index is 13.2. The standard InChI is InChI=1S/C17H22FN3O/c18-16-3-1-2-14(12-16)13-20-8-5-15(6-9-20)17-4-7-19-21(17)10-11-22/h1-4,7,12,15,22H,5-6,8-11,13H2. The van der Waals surface area contributed by atoms with Crippen LogP contribution < -0.4 is 0 Å². The van der Waals surface area contributed by atoms with E-state index in [9.17, 15) is 4.39 Å². The number of rotatable bonds is 5. The van der Waals surface area contributed by atoms with Crippen molar-refractivity contribution >= 4 is 0 Å². The Morgan fingerprint density at radius 2 is 2.05 bits per heavy atom. The molecule has 1 fully saturated rings. The molecule has 1 N–H and O–H groups in total. The van der Waals surface area contributed by atoms with E-state index in [4.69, 9.17) is 5.11 Å². The first-order valence-corrected chi connectivity index (χ1v) is 7.85. The van der Waals surface area contributed by atoms with Gasteiger partial charge in [0.05, 0.1) is 13.2 Å². The minimum Gasteiger partial charge on any atom is -0.394 e. The number of aromatic nitrogens is 2. The second kappa shape index (κ2) is 7.03. The summed E-state index contributed by atoms with van der Waals surface area (Å²) in [5, 5.41) is 13.4. The zero-order valence-electron chi connectivity index (χ0n) is 12.7. The van der Waals surface area contributed by atoms with Crippen LogP contribution in [0, 0.1) is 5.82 Å². The zero-order chi connectivity index (χ0) is 15.4. The summed E-state index contributed by atoms with van der Waals surface area (Å²) in [6, 6.07) is 8.90. The molecular formula is C17H22FN3O. The summed E-state index contributed by atoms with van der Waals surface area (Å²) >= 11 is 0. The molecule has 1 aromatic heterocycles. The Morgan fingerprint density at radius 3 is 2.77 bits per heavy atom. The van der Waals surface area contributed by atoms with Crippen LogP contribution in [0.15, 0.2) is 36.5 Å². The van der Waals surface area contributed by atoms with Crippen LogP contribution in [0.4, 0.5) is 4.39 Å². The first-order chi connectivity index (χ1) is 10.8. The Labute approximate surface area is 130 Å². The summed E-state index contributed by atoms with van der Waals surface area (Å²) in [5.74, 6) is 0.332. The molecule has 1 aliphatic heterocycles. The Bertz CT molecular complexity index is 605. The van der Waals surface area contributed by atoms with Gasteiger partial charge in [0.1, 0.15) is 5.82 Å². The molecule has 1 saturated heterocycles. The largest absolute Gasteiger partial charge is 0.394 e. The van der Waals surface area contributed by atoms with E-state index in [1.165, 1.54) is 11.8 Å². The molecule has 1 aromatic carbocycles. The monoisotopic (exact) mass is 303 g/mol. The number of halogens is 1. The summed E-state index contributed by atoms with van der Waals surface area (Å²) < 4.78 is 15.1. The van der Waals surface area contributed by atoms with Crippen molar-refractivity contribution in [2.24, 2.45) is 0 Å². The normalized spacial score (nSPS) is 17.0. The highest BCUT2D eigenvalue weighted by Gasteiger charge is 2.23. The van der Waals surface area contributed by atoms with E-state index in [-0.39, 0.29) is 12.4 Å². The average Bonchev–Trinajstić information content (AvgIpc) is 2.97. The van der Waals surface area contributed by atoms with E-state index >= 15 is 0 Å². The second-order valence-electron chi connectivity index (χ2n) is 5.88. The van der Waals surface area contributed by atoms with Crippen LogP contribution in [0.3, 0.4) is 0 Å². The molecule has 0 saturated carbocycles. The lowest BCUT2D eigenvalue weighted by Gasteiger charge is -2.32. The van der Waals surface area contributed by atoms with Crippen molar-refractivity contribution in [2.45, 2.75) is 31.8 Å². The number of likely N-dealkylation sites (tertiary alicyclic amines) is 1. The molecule has 2 heterocycles. The van der Waals surface area contributed by atoms with Gasteiger partial charge in [0.15, 0.2) is 0 Å². The number of hydrogen-bond donors (Lipinski definition) is 1. The van der Waals surface area contributed by atoms with Crippen LogP contribution in [0.5, 0.6) is 0 Å². The summed E-state index contributed by atoms with van der Waals surface area (Å²) in [6.07, 6.45) is 3.96. The average molecular weight is 303 g/mol. The molecule has 118 valence electrons. The molecule has 22 heavy (non-hydrogen) atoms. The molecule has 3 rings (SSSR count). The number of nitrogens with zero attached hydrogens (tertiary/aromatic N) is 3. The zero-order valence-corrected chi connectivity index (χ0v) is 12.7. The van der Waals surface area contributed by atoms with Gasteiger partial charge in [0, 0.05) is 24.4 Å². The Kier molecular flexibility index (Phi) is 4.85. The van der Waals surface area contributed by atoms with Gasteiger partial charge in [-0.25, -0.2) is 4.39 Å². The minimum absolute atomic E-state index is 0.118. The number of hydrogen-bond acceptors (Lipinski definition) is 3. The predicted molar refractivity (Wildman–Crippen MR) is 83.0 cm³/mol. The van der Waals surface area contributed by atoms with E-state index in [1.807, 2.05) is 16.9 Å². The Morgan fingerprint density at radius 1 is 1.23 bits per heavy atom. The van der Waals surface area contributed by atoms with Crippen molar-refractivity contribution in [1.29, 1.82) is 0 Å². The van der Waals surface area contributed by atoms with Gasteiger partial charge in [-0.3, -0.25) is 9.58 Å². The number of piperidine rings is 1. The first-order valence-electron chi connectivity index (χ1n) is 7.85. The molecule has 0 aliphatic carbocycles. The molecule has 4 nitrogen and oxygen atoms in total. The fourth-order valence-corrected chi connectivity index (χ4v) is 3.25. The molecule has 2 aromatic rings. The van der Waals surface area contributed by atoms with E-state index < -0.39 is 0 Å². The lowest BCUT2D eigenvalue weighted by Crippen LogP contribution is -2.33. The molecule has 0 amide bonds. The van der Waals surface area contributed by atoms with Crippen molar-refractivity contribution in [2.75, 3.05) is 19.7 Å². The third-order valence-corrected chi connectivity index (χ3v) is 4.36. The second-order valence-corrected chi connectivity index (χ2v) is 5.88. The fourth-order valence-electron chi connectivity index (χ4n) is 3.25. The van der Waals surface area contributed by atoms with Crippen molar-refractivity contribution in [3.8, 4) is 0 Å². The third-order valence-electron chi connectivity index (χ3n) is 4.36. The molecule has 1 aliphatic rings. The van der Waals surface area contributed by atoms with Gasteiger partial charge in [-0.1, -0.05) is 12.1 Å². The summed E-state index contributed by atoms with van der Waals surface area (Å²) in [4.78, 5) is 2.37. The van der Waals surface area contributed by atoms with E-state index in [1.54, 1.807) is 12.1 Å². The maximum atomic E-state index is 13.2. The number of aliphatic hydroxyl groups excluding tert-OH is 1. The first kappa shape index (κ1) is 15.2. The van der Waals surface area contributed by atoms with Crippen molar-refractivity contribution in [3.63, 3.8) is 0 Å². The third kappa shape index (κ3) is 3.54. The van der Waals surface area contributed by atoms with Crippen molar-refractivity contribution < 1.29 is 9.50 Å². The van der Waals surface area contributed by atoms with Crippen LogP contribution in [-0.4, -0.2) is 39.5 Å². The van der Waals surface area contributed by atoms with E-state index in [0.29, 0.717) is 12.5 Å². The SMILES string of the molecule is OCCn1nccc1C1CCN(Cc2cccc(F)c2)CC1. The molecular weight excluding hydrogens is 281 g/mol. The highest BCUT2D eigenvalue weighted by atomic mass is 19.1. The van der Waals surface area contributed by atoms with Crippen molar-refractivity contribution in [3.05, 3.63) is 53.6 Å². The molecule has 5 heteroatoms. The molecule has 0 spiro atoms.